The minimum Gasteiger partial charge on any atom is -0.323 e. The Hall–Kier alpha value is -1.65. The minimum absolute atomic E-state index is 0.505. The van der Waals surface area contributed by atoms with E-state index < -0.39 is 21.1 Å². The average Bonchev–Trinajstić information content (AvgIpc) is 2.46. The summed E-state index contributed by atoms with van der Waals surface area (Å²) < 4.78 is 23.1. The molecule has 0 saturated carbocycles. The number of nitrogens with two attached hydrogens (primary N) is 1. The van der Waals surface area contributed by atoms with Crippen molar-refractivity contribution < 1.29 is 8.42 Å². The van der Waals surface area contributed by atoms with Crippen molar-refractivity contribution in [3.63, 3.8) is 0 Å². The van der Waals surface area contributed by atoms with Gasteiger partial charge in [0.25, 0.3) is 0 Å². The molecule has 0 amide bonds. The zero-order valence-corrected chi connectivity index (χ0v) is 12.5. The van der Waals surface area contributed by atoms with Gasteiger partial charge in [-0.3, -0.25) is 0 Å². The lowest BCUT2D eigenvalue weighted by Gasteiger charge is -2.19. The largest absolute Gasteiger partial charge is 0.323 e. The Morgan fingerprint density at radius 3 is 1.90 bits per heavy atom. The molecule has 2 N–H and O–H groups in total. The van der Waals surface area contributed by atoms with E-state index in [1.165, 1.54) is 6.26 Å². The summed E-state index contributed by atoms with van der Waals surface area (Å²) in [6.07, 6.45) is 1.22. The number of hydrogen-bond acceptors (Lipinski definition) is 3. The molecular weight excluding hydrogens is 270 g/mol. The van der Waals surface area contributed by atoms with Crippen LogP contribution in [0.1, 0.15) is 18.5 Å². The highest BCUT2D eigenvalue weighted by Crippen LogP contribution is 2.24. The summed E-state index contributed by atoms with van der Waals surface area (Å²) in [5, 5.41) is -0.593. The van der Waals surface area contributed by atoms with Gasteiger partial charge in [0.05, 0.1) is 5.25 Å². The Balaban J connectivity index is 2.25. The SMILES string of the molecule is CC(C(N)c1ccc(-c2ccccc2)cc1)S(C)(=O)=O. The van der Waals surface area contributed by atoms with Crippen LogP contribution in [0.5, 0.6) is 0 Å². The Morgan fingerprint density at radius 1 is 0.900 bits per heavy atom. The summed E-state index contributed by atoms with van der Waals surface area (Å²) in [6, 6.07) is 17.3. The molecule has 2 unspecified atom stereocenters. The Labute approximate surface area is 120 Å². The fourth-order valence-electron chi connectivity index (χ4n) is 2.07. The standard InChI is InChI=1S/C16H19NO2S/c1-12(20(2,18)19)16(17)15-10-8-14(9-11-15)13-6-4-3-5-7-13/h3-12,16H,17H2,1-2H3. The van der Waals surface area contributed by atoms with Crippen molar-refractivity contribution in [3.8, 4) is 11.1 Å². The molecule has 106 valence electrons. The van der Waals surface area contributed by atoms with Crippen LogP contribution in [-0.4, -0.2) is 19.9 Å². The number of sulfone groups is 1. The molecule has 0 aromatic heterocycles. The van der Waals surface area contributed by atoms with Crippen LogP contribution >= 0.6 is 0 Å². The lowest BCUT2D eigenvalue weighted by molar-refractivity contribution is 0.571. The summed E-state index contributed by atoms with van der Waals surface area (Å²) in [5.74, 6) is 0. The maximum Gasteiger partial charge on any atom is 0.151 e. The van der Waals surface area contributed by atoms with Gasteiger partial charge in [-0.05, 0) is 23.6 Å². The quantitative estimate of drug-likeness (QED) is 0.941. The topological polar surface area (TPSA) is 60.2 Å². The smallest absolute Gasteiger partial charge is 0.151 e. The van der Waals surface area contributed by atoms with Crippen molar-refractivity contribution in [1.82, 2.24) is 0 Å². The number of benzene rings is 2. The second-order valence-electron chi connectivity index (χ2n) is 5.05. The first kappa shape index (κ1) is 14.8. The van der Waals surface area contributed by atoms with Crippen LogP contribution in [0.25, 0.3) is 11.1 Å². The summed E-state index contributed by atoms with van der Waals surface area (Å²) in [7, 11) is -3.14. The Morgan fingerprint density at radius 2 is 1.40 bits per heavy atom. The molecule has 0 heterocycles. The molecule has 20 heavy (non-hydrogen) atoms. The van der Waals surface area contributed by atoms with E-state index in [0.717, 1.165) is 16.7 Å². The van der Waals surface area contributed by atoms with Gasteiger partial charge in [0, 0.05) is 12.3 Å². The number of rotatable bonds is 4. The van der Waals surface area contributed by atoms with E-state index >= 15 is 0 Å². The van der Waals surface area contributed by atoms with Gasteiger partial charge in [0.15, 0.2) is 9.84 Å². The fraction of sp³-hybridized carbons (Fsp3) is 0.250. The zero-order valence-electron chi connectivity index (χ0n) is 11.7. The molecule has 0 aliphatic rings. The van der Waals surface area contributed by atoms with E-state index in [4.69, 9.17) is 5.73 Å². The lowest BCUT2D eigenvalue weighted by atomic mass is 10.00. The molecule has 2 aromatic rings. The predicted molar refractivity (Wildman–Crippen MR) is 83.1 cm³/mol. The molecule has 0 saturated heterocycles. The van der Waals surface area contributed by atoms with Crippen LogP contribution in [-0.2, 0) is 9.84 Å². The van der Waals surface area contributed by atoms with Crippen LogP contribution in [0.4, 0.5) is 0 Å². The normalized spacial score (nSPS) is 14.8. The Kier molecular flexibility index (Phi) is 4.26. The third-order valence-corrected chi connectivity index (χ3v) is 5.23. The summed E-state index contributed by atoms with van der Waals surface area (Å²) >= 11 is 0. The van der Waals surface area contributed by atoms with E-state index in [1.807, 2.05) is 54.6 Å². The van der Waals surface area contributed by atoms with Crippen molar-refractivity contribution in [3.05, 3.63) is 60.2 Å². The molecule has 0 aliphatic carbocycles. The van der Waals surface area contributed by atoms with Crippen molar-refractivity contribution in [2.75, 3.05) is 6.26 Å². The van der Waals surface area contributed by atoms with Crippen molar-refractivity contribution in [2.45, 2.75) is 18.2 Å². The van der Waals surface area contributed by atoms with Gasteiger partial charge in [0.2, 0.25) is 0 Å². The van der Waals surface area contributed by atoms with Crippen molar-refractivity contribution in [2.24, 2.45) is 5.73 Å². The molecule has 0 radical (unpaired) electrons. The average molecular weight is 289 g/mol. The first-order valence-corrected chi connectivity index (χ1v) is 8.45. The molecule has 2 atom stereocenters. The molecule has 0 aliphatic heterocycles. The second-order valence-corrected chi connectivity index (χ2v) is 7.45. The highest BCUT2D eigenvalue weighted by Gasteiger charge is 2.23. The maximum atomic E-state index is 11.6. The molecule has 0 fully saturated rings. The summed E-state index contributed by atoms with van der Waals surface area (Å²) in [4.78, 5) is 0. The van der Waals surface area contributed by atoms with Crippen molar-refractivity contribution in [1.29, 1.82) is 0 Å². The van der Waals surface area contributed by atoms with Gasteiger partial charge in [-0.2, -0.15) is 0 Å². The minimum atomic E-state index is -3.14. The fourth-order valence-corrected chi connectivity index (χ4v) is 2.76. The van der Waals surface area contributed by atoms with E-state index in [0.29, 0.717) is 0 Å². The lowest BCUT2D eigenvalue weighted by Crippen LogP contribution is -2.30. The second kappa shape index (κ2) is 5.77. The van der Waals surface area contributed by atoms with Gasteiger partial charge in [-0.25, -0.2) is 8.42 Å². The van der Waals surface area contributed by atoms with E-state index in [2.05, 4.69) is 0 Å². The van der Waals surface area contributed by atoms with Gasteiger partial charge in [0.1, 0.15) is 0 Å². The molecule has 4 heteroatoms. The van der Waals surface area contributed by atoms with Crippen molar-refractivity contribution >= 4 is 9.84 Å². The third-order valence-electron chi connectivity index (χ3n) is 3.58. The van der Waals surface area contributed by atoms with Crippen LogP contribution < -0.4 is 5.73 Å². The first-order valence-electron chi connectivity index (χ1n) is 6.49. The molecule has 2 rings (SSSR count). The first-order chi connectivity index (χ1) is 9.39. The molecule has 2 aromatic carbocycles. The molecule has 0 spiro atoms. The van der Waals surface area contributed by atoms with Gasteiger partial charge < -0.3 is 5.73 Å². The van der Waals surface area contributed by atoms with E-state index in [-0.39, 0.29) is 0 Å². The third kappa shape index (κ3) is 3.26. The highest BCUT2D eigenvalue weighted by atomic mass is 32.2. The molecular formula is C16H19NO2S. The molecule has 0 bridgehead atoms. The van der Waals surface area contributed by atoms with E-state index in [9.17, 15) is 8.42 Å². The highest BCUT2D eigenvalue weighted by molar-refractivity contribution is 7.91. The summed E-state index contributed by atoms with van der Waals surface area (Å²) in [5.41, 5.74) is 9.09. The number of hydrogen-bond donors (Lipinski definition) is 1. The monoisotopic (exact) mass is 289 g/mol. The molecule has 3 nitrogen and oxygen atoms in total. The van der Waals surface area contributed by atoms with E-state index in [1.54, 1.807) is 6.92 Å². The maximum absolute atomic E-state index is 11.6. The van der Waals surface area contributed by atoms with Crippen LogP contribution in [0.3, 0.4) is 0 Å². The van der Waals surface area contributed by atoms with Gasteiger partial charge in [-0.15, -0.1) is 0 Å². The van der Waals surface area contributed by atoms with Crippen LogP contribution in [0.2, 0.25) is 0 Å². The van der Waals surface area contributed by atoms with Crippen LogP contribution in [0, 0.1) is 0 Å². The van der Waals surface area contributed by atoms with Crippen LogP contribution in [0.15, 0.2) is 54.6 Å². The Bertz CT molecular complexity index is 663. The van der Waals surface area contributed by atoms with Gasteiger partial charge in [-0.1, -0.05) is 54.6 Å². The predicted octanol–water partition coefficient (Wildman–Crippen LogP) is 2.79. The summed E-state index contributed by atoms with van der Waals surface area (Å²) in [6.45, 7) is 1.64. The zero-order chi connectivity index (χ0) is 14.8. The van der Waals surface area contributed by atoms with Gasteiger partial charge >= 0.3 is 0 Å².